The maximum Gasteiger partial charge on any atom is 0.259 e. The summed E-state index contributed by atoms with van der Waals surface area (Å²) in [4.78, 5) is 14.2. The second-order valence-corrected chi connectivity index (χ2v) is 16.4. The molecular weight excluding hydrogens is 721 g/mol. The predicted octanol–water partition coefficient (Wildman–Crippen LogP) is 9.79. The number of hydrogen-bond donors (Lipinski definition) is 1. The van der Waals surface area contributed by atoms with Crippen molar-refractivity contribution in [1.29, 1.82) is 5.26 Å². The summed E-state index contributed by atoms with van der Waals surface area (Å²) in [6.45, 7) is 15.1. The smallest absolute Gasteiger partial charge is 0.259 e. The molecule has 3 unspecified atom stereocenters. The Hall–Kier alpha value is -4.29. The van der Waals surface area contributed by atoms with Crippen LogP contribution in [0.15, 0.2) is 103 Å². The monoisotopic (exact) mass is 781 g/mol. The second kappa shape index (κ2) is 21.9. The van der Waals surface area contributed by atoms with E-state index in [9.17, 15) is 10.1 Å². The highest BCUT2D eigenvalue weighted by Gasteiger charge is 2.39. The van der Waals surface area contributed by atoms with Gasteiger partial charge in [0.05, 0.1) is 58.5 Å². The fourth-order valence-corrected chi connectivity index (χ4v) is 8.44. The molecule has 0 saturated carbocycles. The number of hydrogen-bond acceptors (Lipinski definition) is 8. The Balaban J connectivity index is 1.76. The molecule has 1 N–H and O–H groups in total. The molecule has 0 aliphatic carbocycles. The Morgan fingerprint density at radius 3 is 1.75 bits per heavy atom. The van der Waals surface area contributed by atoms with Gasteiger partial charge in [-0.3, -0.25) is 4.79 Å². The van der Waals surface area contributed by atoms with E-state index >= 15 is 0 Å². The first-order valence-electron chi connectivity index (χ1n) is 19.5. The third-order valence-electron chi connectivity index (χ3n) is 9.59. The number of nitrogens with one attached hydrogen (secondary N) is 1. The molecule has 4 aromatic carbocycles. The van der Waals surface area contributed by atoms with Crippen LogP contribution in [-0.4, -0.2) is 62.7 Å². The lowest BCUT2D eigenvalue weighted by atomic mass is 9.80. The zero-order valence-corrected chi connectivity index (χ0v) is 35.4. The number of ether oxygens (including phenoxy) is 3. The zero-order chi connectivity index (χ0) is 40.7. The second-order valence-electron chi connectivity index (χ2n) is 14.9. The number of amides is 1. The molecule has 0 aliphatic heterocycles. The molecule has 0 aromatic heterocycles. The minimum absolute atomic E-state index is 0.0868. The minimum Gasteiger partial charge on any atom is -0.497 e. The van der Waals surface area contributed by atoms with Crippen molar-refractivity contribution >= 4 is 14.4 Å². The Labute approximate surface area is 336 Å². The van der Waals surface area contributed by atoms with Crippen LogP contribution in [0.4, 0.5) is 0 Å². The van der Waals surface area contributed by atoms with Crippen LogP contribution in [0.3, 0.4) is 0 Å². The quantitative estimate of drug-likeness (QED) is 0.0478. The van der Waals surface area contributed by atoms with E-state index in [-0.39, 0.29) is 44.2 Å². The lowest BCUT2D eigenvalue weighted by Crippen LogP contribution is -2.46. The van der Waals surface area contributed by atoms with Gasteiger partial charge in [-0.1, -0.05) is 92.7 Å². The maximum atomic E-state index is 14.2. The molecule has 10 heteroatoms. The van der Waals surface area contributed by atoms with Gasteiger partial charge in [0, 0.05) is 12.1 Å². The first kappa shape index (κ1) is 44.4. The lowest BCUT2D eigenvalue weighted by Gasteiger charge is -2.38. The van der Waals surface area contributed by atoms with Crippen molar-refractivity contribution in [1.82, 2.24) is 9.99 Å². The molecule has 0 bridgehead atoms. The van der Waals surface area contributed by atoms with Crippen molar-refractivity contribution in [2.24, 2.45) is 5.92 Å². The van der Waals surface area contributed by atoms with Crippen molar-refractivity contribution in [3.05, 3.63) is 131 Å². The molecule has 4 aromatic rings. The number of methoxy groups -OCH3 is 2. The highest BCUT2D eigenvalue weighted by Crippen LogP contribution is 2.46. The van der Waals surface area contributed by atoms with Crippen molar-refractivity contribution in [2.45, 2.75) is 91.0 Å². The minimum atomic E-state index is -1.58. The van der Waals surface area contributed by atoms with Crippen molar-refractivity contribution in [2.75, 3.05) is 34.0 Å². The molecule has 4 rings (SSSR count). The Kier molecular flexibility index (Phi) is 17.3. The summed E-state index contributed by atoms with van der Waals surface area (Å²) in [7, 11) is 1.71. The molecule has 1 amide bonds. The van der Waals surface area contributed by atoms with Crippen LogP contribution in [0.2, 0.25) is 0 Å². The number of rotatable bonds is 22. The van der Waals surface area contributed by atoms with Crippen LogP contribution < -0.4 is 14.8 Å². The van der Waals surface area contributed by atoms with Gasteiger partial charge in [0.25, 0.3) is 8.53 Å². The summed E-state index contributed by atoms with van der Waals surface area (Å²) in [5.41, 5.74) is 3.74. The van der Waals surface area contributed by atoms with Gasteiger partial charge in [0.15, 0.2) is 0 Å². The third-order valence-corrected chi connectivity index (χ3v) is 11.7. The van der Waals surface area contributed by atoms with Gasteiger partial charge in [0.2, 0.25) is 5.91 Å². The molecule has 3 atom stereocenters. The summed E-state index contributed by atoms with van der Waals surface area (Å²) < 4.78 is 33.4. The summed E-state index contributed by atoms with van der Waals surface area (Å²) in [5, 5.41) is 12.6. The SMILES string of the molecule is COc1ccc(C(OCC(COP(OCCC#N)N(C(C)C)C(C)C)NC(=O)C(C)c2ccc(CC(C)C)cc2)(c2ccccc2)c2ccc(OC)cc2)cc1. The molecule has 300 valence electrons. The first-order valence-corrected chi connectivity index (χ1v) is 20.6. The van der Waals surface area contributed by atoms with Gasteiger partial charge in [-0.25, -0.2) is 4.67 Å². The van der Waals surface area contributed by atoms with Crippen LogP contribution in [0.25, 0.3) is 0 Å². The van der Waals surface area contributed by atoms with Crippen LogP contribution in [0.1, 0.15) is 88.6 Å². The lowest BCUT2D eigenvalue weighted by molar-refractivity contribution is -0.124. The third kappa shape index (κ3) is 11.9. The Morgan fingerprint density at radius 1 is 0.732 bits per heavy atom. The number of carbonyl (C=O) groups excluding carboxylic acids is 1. The van der Waals surface area contributed by atoms with Gasteiger partial charge in [-0.15, -0.1) is 0 Å². The van der Waals surface area contributed by atoms with Gasteiger partial charge >= 0.3 is 0 Å². The molecule has 0 saturated heterocycles. The first-order chi connectivity index (χ1) is 26.9. The Morgan fingerprint density at radius 2 is 1.27 bits per heavy atom. The van der Waals surface area contributed by atoms with E-state index in [0.717, 1.165) is 40.2 Å². The van der Waals surface area contributed by atoms with Gasteiger partial charge in [0.1, 0.15) is 17.1 Å². The zero-order valence-electron chi connectivity index (χ0n) is 34.5. The van der Waals surface area contributed by atoms with Gasteiger partial charge in [-0.2, -0.15) is 5.26 Å². The van der Waals surface area contributed by atoms with Crippen LogP contribution in [-0.2, 0) is 30.6 Å². The molecule has 9 nitrogen and oxygen atoms in total. The molecular formula is C46H60N3O6P. The van der Waals surface area contributed by atoms with E-state index in [1.54, 1.807) is 14.2 Å². The predicted molar refractivity (Wildman–Crippen MR) is 225 cm³/mol. The highest BCUT2D eigenvalue weighted by molar-refractivity contribution is 7.44. The number of nitrogens with zero attached hydrogens (tertiary/aromatic N) is 2. The van der Waals surface area contributed by atoms with Gasteiger partial charge < -0.3 is 28.6 Å². The summed E-state index contributed by atoms with van der Waals surface area (Å²) in [5.74, 6) is 1.42. The van der Waals surface area contributed by atoms with Crippen molar-refractivity contribution in [3.8, 4) is 17.6 Å². The van der Waals surface area contributed by atoms with Gasteiger partial charge in [-0.05, 0) is 99.0 Å². The molecule has 0 aliphatic rings. The van der Waals surface area contributed by atoms with E-state index in [1.165, 1.54) is 5.56 Å². The van der Waals surface area contributed by atoms with Crippen LogP contribution in [0.5, 0.6) is 11.5 Å². The van der Waals surface area contributed by atoms with Crippen molar-refractivity contribution < 1.29 is 28.1 Å². The Bertz CT molecular complexity index is 1740. The summed E-state index contributed by atoms with van der Waals surface area (Å²) in [6.07, 6.45) is 1.22. The normalized spacial score (nSPS) is 13.4. The summed E-state index contributed by atoms with van der Waals surface area (Å²) >= 11 is 0. The molecule has 0 spiro atoms. The standard InChI is InChI=1S/C46H60N3O6P/c1-33(2)30-37-16-18-38(19-17-37)36(7)45(50)48-42(32-55-56(54-29-13-28-47)49(34(3)4)35(5)6)31-53-46(39-14-11-10-12-15-39,40-20-24-43(51-8)25-21-40)41-22-26-44(52-9)27-23-41/h10-12,14-27,33-36,42H,13,29-32H2,1-9H3,(H,48,50). The average Bonchev–Trinajstić information content (AvgIpc) is 3.20. The fraction of sp³-hybridized carbons (Fsp3) is 0.435. The molecule has 56 heavy (non-hydrogen) atoms. The van der Waals surface area contributed by atoms with E-state index < -0.39 is 26.1 Å². The largest absolute Gasteiger partial charge is 0.497 e. The highest BCUT2D eigenvalue weighted by atomic mass is 31.2. The van der Waals surface area contributed by atoms with Crippen molar-refractivity contribution in [3.63, 3.8) is 0 Å². The number of carbonyl (C=O) groups is 1. The fourth-order valence-electron chi connectivity index (χ4n) is 6.79. The van der Waals surface area contributed by atoms with E-state index in [0.29, 0.717) is 5.92 Å². The summed E-state index contributed by atoms with van der Waals surface area (Å²) in [6, 6.07) is 35.9. The van der Waals surface area contributed by atoms with Crippen LogP contribution >= 0.6 is 8.53 Å². The molecule has 0 fully saturated rings. The van der Waals surface area contributed by atoms with E-state index in [2.05, 4.69) is 81.9 Å². The topological polar surface area (TPSA) is 102 Å². The number of benzene rings is 4. The average molecular weight is 782 g/mol. The van der Waals surface area contributed by atoms with E-state index in [1.807, 2.05) is 85.8 Å². The van der Waals surface area contributed by atoms with E-state index in [4.69, 9.17) is 23.3 Å². The molecule has 0 radical (unpaired) electrons. The number of nitriles is 1. The van der Waals surface area contributed by atoms with Crippen LogP contribution in [0, 0.1) is 17.2 Å². The molecule has 0 heterocycles. The maximum absolute atomic E-state index is 14.2.